The van der Waals surface area contributed by atoms with Gasteiger partial charge in [0.1, 0.15) is 0 Å². The Labute approximate surface area is 80.3 Å². The molecule has 3 nitrogen and oxygen atoms in total. The molecular formula is C9H8ClNO2. The Kier molecular flexibility index (Phi) is 1.78. The molecule has 4 heteroatoms. The summed E-state index contributed by atoms with van der Waals surface area (Å²) >= 11 is 5.85. The summed E-state index contributed by atoms with van der Waals surface area (Å²) < 4.78 is 0. The molecule has 0 saturated heterocycles. The normalized spacial score (nSPS) is 19.9. The largest absolute Gasteiger partial charge is 0.378 e. The smallest absolute Gasteiger partial charge is 0.257 e. The second-order valence-corrected chi connectivity index (χ2v) is 3.45. The van der Waals surface area contributed by atoms with Crippen LogP contribution in [0.3, 0.4) is 0 Å². The Hall–Kier alpha value is -1.06. The molecule has 1 heterocycles. The summed E-state index contributed by atoms with van der Waals surface area (Å²) in [7, 11) is 0. The lowest BCUT2D eigenvalue weighted by Gasteiger charge is -2.05. The van der Waals surface area contributed by atoms with Crippen LogP contribution in [-0.2, 0) is 4.79 Å². The average Bonchev–Trinajstić information content (AvgIpc) is 2.38. The van der Waals surface area contributed by atoms with Crippen molar-refractivity contribution < 1.29 is 9.90 Å². The summed E-state index contributed by atoms with van der Waals surface area (Å²) in [5.41, 5.74) is 2.00. The van der Waals surface area contributed by atoms with Crippen LogP contribution >= 0.6 is 11.6 Å². The third-order valence-corrected chi connectivity index (χ3v) is 2.50. The van der Waals surface area contributed by atoms with Gasteiger partial charge in [0.25, 0.3) is 5.91 Å². The number of carbonyl (C=O) groups excluding carboxylic acids is 1. The Bertz CT molecular complexity index is 389. The number of halogens is 1. The number of aryl methyl sites for hydroxylation is 1. The lowest BCUT2D eigenvalue weighted by Crippen LogP contribution is -2.11. The van der Waals surface area contributed by atoms with Gasteiger partial charge in [-0.15, -0.1) is 0 Å². The Morgan fingerprint density at radius 2 is 2.23 bits per heavy atom. The fourth-order valence-corrected chi connectivity index (χ4v) is 1.71. The van der Waals surface area contributed by atoms with Gasteiger partial charge in [-0.25, -0.2) is 0 Å². The third-order valence-electron chi connectivity index (χ3n) is 2.18. The van der Waals surface area contributed by atoms with Crippen LogP contribution in [0.1, 0.15) is 17.2 Å². The number of amides is 1. The van der Waals surface area contributed by atoms with E-state index in [1.54, 1.807) is 12.1 Å². The van der Waals surface area contributed by atoms with E-state index in [0.29, 0.717) is 16.3 Å². The van der Waals surface area contributed by atoms with Gasteiger partial charge >= 0.3 is 0 Å². The van der Waals surface area contributed by atoms with Crippen LogP contribution in [0.25, 0.3) is 0 Å². The van der Waals surface area contributed by atoms with Crippen molar-refractivity contribution in [3.8, 4) is 0 Å². The number of hydrogen-bond donors (Lipinski definition) is 2. The minimum Gasteiger partial charge on any atom is -0.378 e. The predicted octanol–water partition coefficient (Wildman–Crippen LogP) is 1.63. The molecule has 2 rings (SSSR count). The number of benzene rings is 1. The van der Waals surface area contributed by atoms with Crippen LogP contribution in [-0.4, -0.2) is 11.0 Å². The summed E-state index contributed by atoms with van der Waals surface area (Å²) in [6.07, 6.45) is -1.08. The molecular weight excluding hydrogens is 190 g/mol. The molecule has 1 aromatic carbocycles. The highest BCUT2D eigenvalue weighted by Gasteiger charge is 2.31. The van der Waals surface area contributed by atoms with Gasteiger partial charge in [-0.05, 0) is 18.6 Å². The first-order valence-corrected chi connectivity index (χ1v) is 4.27. The van der Waals surface area contributed by atoms with Crippen molar-refractivity contribution in [3.05, 3.63) is 28.3 Å². The van der Waals surface area contributed by atoms with Gasteiger partial charge < -0.3 is 10.4 Å². The van der Waals surface area contributed by atoms with Gasteiger partial charge in [-0.3, -0.25) is 4.79 Å². The molecule has 1 aliphatic rings. The van der Waals surface area contributed by atoms with Crippen LogP contribution in [0.4, 0.5) is 5.69 Å². The molecule has 0 aromatic heterocycles. The van der Waals surface area contributed by atoms with E-state index in [1.165, 1.54) is 0 Å². The maximum absolute atomic E-state index is 11.1. The van der Waals surface area contributed by atoms with Crippen LogP contribution < -0.4 is 5.32 Å². The average molecular weight is 198 g/mol. The van der Waals surface area contributed by atoms with Crippen molar-refractivity contribution in [1.29, 1.82) is 0 Å². The van der Waals surface area contributed by atoms with E-state index in [0.717, 1.165) is 5.56 Å². The van der Waals surface area contributed by atoms with Gasteiger partial charge in [0.2, 0.25) is 0 Å². The van der Waals surface area contributed by atoms with E-state index in [2.05, 4.69) is 5.32 Å². The molecule has 1 amide bonds. The first kappa shape index (κ1) is 8.53. The number of nitrogens with one attached hydrogen (secondary N) is 1. The van der Waals surface area contributed by atoms with Crippen LogP contribution in [0, 0.1) is 6.92 Å². The monoisotopic (exact) mass is 197 g/mol. The SMILES string of the molecule is Cc1ccc(Cl)c2c1C(O)C(=O)N2. The molecule has 0 saturated carbocycles. The van der Waals surface area contributed by atoms with Gasteiger partial charge in [-0.1, -0.05) is 17.7 Å². The lowest BCUT2D eigenvalue weighted by molar-refractivity contribution is -0.123. The van der Waals surface area contributed by atoms with Gasteiger partial charge in [0.05, 0.1) is 10.7 Å². The van der Waals surface area contributed by atoms with E-state index >= 15 is 0 Å². The van der Waals surface area contributed by atoms with Crippen molar-refractivity contribution in [1.82, 2.24) is 0 Å². The van der Waals surface area contributed by atoms with Crippen LogP contribution in [0.5, 0.6) is 0 Å². The Balaban J connectivity index is 2.68. The van der Waals surface area contributed by atoms with Crippen molar-refractivity contribution in [2.75, 3.05) is 5.32 Å². The number of rotatable bonds is 0. The maximum atomic E-state index is 11.1. The molecule has 0 aliphatic carbocycles. The van der Waals surface area contributed by atoms with Crippen molar-refractivity contribution in [3.63, 3.8) is 0 Å². The topological polar surface area (TPSA) is 49.3 Å². The Morgan fingerprint density at radius 3 is 2.85 bits per heavy atom. The zero-order valence-corrected chi connectivity index (χ0v) is 7.72. The minimum atomic E-state index is -1.08. The van der Waals surface area contributed by atoms with Crippen molar-refractivity contribution in [2.45, 2.75) is 13.0 Å². The van der Waals surface area contributed by atoms with Crippen LogP contribution in [0.2, 0.25) is 5.02 Å². The zero-order valence-electron chi connectivity index (χ0n) is 6.97. The lowest BCUT2D eigenvalue weighted by atomic mass is 10.0. The van der Waals surface area contributed by atoms with E-state index < -0.39 is 12.0 Å². The fourth-order valence-electron chi connectivity index (χ4n) is 1.50. The molecule has 0 radical (unpaired) electrons. The highest BCUT2D eigenvalue weighted by Crippen LogP contribution is 2.38. The number of aliphatic hydroxyl groups is 1. The number of aliphatic hydroxyl groups excluding tert-OH is 1. The maximum Gasteiger partial charge on any atom is 0.257 e. The second kappa shape index (κ2) is 2.72. The highest BCUT2D eigenvalue weighted by molar-refractivity contribution is 6.34. The molecule has 1 aliphatic heterocycles. The quantitative estimate of drug-likeness (QED) is 0.664. The summed E-state index contributed by atoms with van der Waals surface area (Å²) in [6.45, 7) is 1.83. The molecule has 13 heavy (non-hydrogen) atoms. The van der Waals surface area contributed by atoms with Crippen molar-refractivity contribution in [2.24, 2.45) is 0 Å². The second-order valence-electron chi connectivity index (χ2n) is 3.04. The zero-order chi connectivity index (χ0) is 9.59. The first-order chi connectivity index (χ1) is 6.11. The van der Waals surface area contributed by atoms with Gasteiger partial charge in [-0.2, -0.15) is 0 Å². The molecule has 0 spiro atoms. The summed E-state index contributed by atoms with van der Waals surface area (Å²) in [5.74, 6) is -0.411. The van der Waals surface area contributed by atoms with E-state index in [-0.39, 0.29) is 0 Å². The molecule has 0 fully saturated rings. The van der Waals surface area contributed by atoms with Gasteiger partial charge in [0.15, 0.2) is 6.10 Å². The van der Waals surface area contributed by atoms with Gasteiger partial charge in [0, 0.05) is 5.56 Å². The standard InChI is InChI=1S/C9H8ClNO2/c1-4-2-3-5(10)7-6(4)8(12)9(13)11-7/h2-3,8,12H,1H3,(H,11,13). The molecule has 1 atom stereocenters. The molecule has 68 valence electrons. The molecule has 1 aromatic rings. The van der Waals surface area contributed by atoms with Crippen molar-refractivity contribution >= 4 is 23.2 Å². The molecule has 2 N–H and O–H groups in total. The first-order valence-electron chi connectivity index (χ1n) is 3.89. The predicted molar refractivity (Wildman–Crippen MR) is 49.8 cm³/mol. The molecule has 1 unspecified atom stereocenters. The highest BCUT2D eigenvalue weighted by atomic mass is 35.5. The number of fused-ring (bicyclic) bond motifs is 1. The van der Waals surface area contributed by atoms with E-state index in [4.69, 9.17) is 11.6 Å². The fraction of sp³-hybridized carbons (Fsp3) is 0.222. The number of carbonyl (C=O) groups is 1. The molecule has 0 bridgehead atoms. The third kappa shape index (κ3) is 1.12. The minimum absolute atomic E-state index is 0.411. The van der Waals surface area contributed by atoms with E-state index in [1.807, 2.05) is 6.92 Å². The number of anilines is 1. The Morgan fingerprint density at radius 1 is 1.54 bits per heavy atom. The number of hydrogen-bond acceptors (Lipinski definition) is 2. The summed E-state index contributed by atoms with van der Waals surface area (Å²) in [4.78, 5) is 11.1. The van der Waals surface area contributed by atoms with Crippen LogP contribution in [0.15, 0.2) is 12.1 Å². The summed E-state index contributed by atoms with van der Waals surface area (Å²) in [6, 6.07) is 3.48. The summed E-state index contributed by atoms with van der Waals surface area (Å²) in [5, 5.41) is 12.5. The van der Waals surface area contributed by atoms with E-state index in [9.17, 15) is 9.90 Å².